The van der Waals surface area contributed by atoms with E-state index in [9.17, 15) is 0 Å². The molecule has 1 aromatic rings. The molecule has 0 saturated heterocycles. The lowest BCUT2D eigenvalue weighted by Crippen LogP contribution is -2.30. The molecule has 4 nitrogen and oxygen atoms in total. The van der Waals surface area contributed by atoms with Crippen molar-refractivity contribution in [3.8, 4) is 0 Å². The van der Waals surface area contributed by atoms with Gasteiger partial charge in [-0.2, -0.15) is 0 Å². The second-order valence-electron chi connectivity index (χ2n) is 3.81. The third-order valence-electron chi connectivity index (χ3n) is 2.35. The number of likely N-dealkylation sites (N-methyl/N-ethyl adjacent to an activating group) is 1. The van der Waals surface area contributed by atoms with Crippen molar-refractivity contribution < 1.29 is 4.74 Å². The zero-order chi connectivity index (χ0) is 11.6. The largest absolute Gasteiger partial charge is 0.385 e. The molecule has 16 heavy (non-hydrogen) atoms. The van der Waals surface area contributed by atoms with Crippen molar-refractivity contribution in [3.05, 3.63) is 16.6 Å². The highest BCUT2D eigenvalue weighted by Crippen LogP contribution is 1.99. The molecule has 0 saturated carbocycles. The Labute approximate surface area is 102 Å². The van der Waals surface area contributed by atoms with E-state index in [4.69, 9.17) is 4.74 Å². The van der Waals surface area contributed by atoms with Gasteiger partial charge in [0, 0.05) is 45.3 Å². The lowest BCUT2D eigenvalue weighted by atomic mass is 10.4. The average molecular weight is 243 g/mol. The minimum Gasteiger partial charge on any atom is -0.385 e. The van der Waals surface area contributed by atoms with Crippen LogP contribution in [0.15, 0.2) is 10.9 Å². The maximum Gasteiger partial charge on any atom is 0.0795 e. The lowest BCUT2D eigenvalue weighted by molar-refractivity contribution is 0.179. The molecule has 92 valence electrons. The molecule has 0 aliphatic rings. The second kappa shape index (κ2) is 8.64. The standard InChI is InChI=1S/C11H21N3OS/c1-14(5-3-7-15-2)6-4-12-8-11-9-16-10-13-11/h9-10,12H,3-8H2,1-2H3. The number of hydrogen-bond donors (Lipinski definition) is 1. The van der Waals surface area contributed by atoms with Crippen LogP contribution in [0.25, 0.3) is 0 Å². The number of ether oxygens (including phenoxy) is 1. The van der Waals surface area contributed by atoms with E-state index in [-0.39, 0.29) is 0 Å². The number of methoxy groups -OCH3 is 1. The van der Waals surface area contributed by atoms with Crippen LogP contribution in [0.4, 0.5) is 0 Å². The van der Waals surface area contributed by atoms with Crippen LogP contribution >= 0.6 is 11.3 Å². The van der Waals surface area contributed by atoms with E-state index in [0.29, 0.717) is 0 Å². The summed E-state index contributed by atoms with van der Waals surface area (Å²) < 4.78 is 5.02. The van der Waals surface area contributed by atoms with E-state index < -0.39 is 0 Å². The minimum atomic E-state index is 0.844. The van der Waals surface area contributed by atoms with Crippen LogP contribution in [0.3, 0.4) is 0 Å². The minimum absolute atomic E-state index is 0.844. The van der Waals surface area contributed by atoms with Crippen LogP contribution in [0.1, 0.15) is 12.1 Å². The first kappa shape index (κ1) is 13.6. The Balaban J connectivity index is 1.94. The van der Waals surface area contributed by atoms with Gasteiger partial charge in [0.15, 0.2) is 0 Å². The van der Waals surface area contributed by atoms with Crippen LogP contribution < -0.4 is 5.32 Å². The smallest absolute Gasteiger partial charge is 0.0795 e. The van der Waals surface area contributed by atoms with E-state index in [0.717, 1.165) is 44.9 Å². The molecule has 0 atom stereocenters. The predicted molar refractivity (Wildman–Crippen MR) is 67.8 cm³/mol. The zero-order valence-corrected chi connectivity index (χ0v) is 10.9. The fourth-order valence-electron chi connectivity index (χ4n) is 1.40. The molecule has 0 aliphatic heterocycles. The third kappa shape index (κ3) is 6.17. The monoisotopic (exact) mass is 243 g/mol. The van der Waals surface area contributed by atoms with Gasteiger partial charge in [0.25, 0.3) is 0 Å². The van der Waals surface area contributed by atoms with Gasteiger partial charge in [-0.15, -0.1) is 11.3 Å². The second-order valence-corrected chi connectivity index (χ2v) is 4.52. The maximum absolute atomic E-state index is 5.02. The Bertz CT molecular complexity index is 254. The molecule has 1 N–H and O–H groups in total. The first-order valence-electron chi connectivity index (χ1n) is 5.58. The fourth-order valence-corrected chi connectivity index (χ4v) is 1.96. The lowest BCUT2D eigenvalue weighted by Gasteiger charge is -2.16. The molecule has 0 amide bonds. The number of rotatable bonds is 9. The van der Waals surface area contributed by atoms with Crippen molar-refractivity contribution in [1.82, 2.24) is 15.2 Å². The van der Waals surface area contributed by atoms with Crippen LogP contribution in [-0.4, -0.2) is 50.3 Å². The Hall–Kier alpha value is -0.490. The molecule has 0 aromatic carbocycles. The summed E-state index contributed by atoms with van der Waals surface area (Å²) in [6.45, 7) is 4.87. The number of hydrogen-bond acceptors (Lipinski definition) is 5. The van der Waals surface area contributed by atoms with E-state index in [1.807, 2.05) is 5.51 Å². The average Bonchev–Trinajstić information content (AvgIpc) is 2.78. The van der Waals surface area contributed by atoms with E-state index in [1.165, 1.54) is 0 Å². The molecule has 5 heteroatoms. The molecule has 0 radical (unpaired) electrons. The Morgan fingerprint density at radius 2 is 2.38 bits per heavy atom. The fraction of sp³-hybridized carbons (Fsp3) is 0.727. The highest BCUT2D eigenvalue weighted by Gasteiger charge is 1.98. The molecule has 0 bridgehead atoms. The topological polar surface area (TPSA) is 37.4 Å². The summed E-state index contributed by atoms with van der Waals surface area (Å²) in [6, 6.07) is 0. The first-order chi connectivity index (χ1) is 7.83. The third-order valence-corrected chi connectivity index (χ3v) is 2.98. The Kier molecular flexibility index (Phi) is 7.33. The number of thiazole rings is 1. The maximum atomic E-state index is 5.02. The number of aromatic nitrogens is 1. The highest BCUT2D eigenvalue weighted by atomic mass is 32.1. The Morgan fingerprint density at radius 3 is 3.06 bits per heavy atom. The van der Waals surface area contributed by atoms with Crippen molar-refractivity contribution in [2.45, 2.75) is 13.0 Å². The summed E-state index contributed by atoms with van der Waals surface area (Å²) >= 11 is 1.64. The van der Waals surface area contributed by atoms with Gasteiger partial charge in [-0.1, -0.05) is 0 Å². The molecule has 0 aliphatic carbocycles. The van der Waals surface area contributed by atoms with Gasteiger partial charge in [-0.3, -0.25) is 0 Å². The number of nitrogens with zero attached hydrogens (tertiary/aromatic N) is 2. The van der Waals surface area contributed by atoms with Gasteiger partial charge in [0.1, 0.15) is 0 Å². The van der Waals surface area contributed by atoms with Gasteiger partial charge in [0.05, 0.1) is 11.2 Å². The molecular weight excluding hydrogens is 222 g/mol. The van der Waals surface area contributed by atoms with Gasteiger partial charge in [0.2, 0.25) is 0 Å². The molecular formula is C11H21N3OS. The molecule has 0 fully saturated rings. The van der Waals surface area contributed by atoms with Crippen molar-refractivity contribution in [1.29, 1.82) is 0 Å². The van der Waals surface area contributed by atoms with Crippen LogP contribution in [-0.2, 0) is 11.3 Å². The van der Waals surface area contributed by atoms with Gasteiger partial charge < -0.3 is 15.0 Å². The molecule has 0 spiro atoms. The summed E-state index contributed by atoms with van der Waals surface area (Å²) in [7, 11) is 3.88. The summed E-state index contributed by atoms with van der Waals surface area (Å²) in [6.07, 6.45) is 1.10. The van der Waals surface area contributed by atoms with Gasteiger partial charge >= 0.3 is 0 Å². The first-order valence-corrected chi connectivity index (χ1v) is 6.52. The van der Waals surface area contributed by atoms with Crippen molar-refractivity contribution in [2.24, 2.45) is 0 Å². The number of nitrogens with one attached hydrogen (secondary N) is 1. The molecule has 1 heterocycles. The van der Waals surface area contributed by atoms with Gasteiger partial charge in [-0.25, -0.2) is 4.98 Å². The van der Waals surface area contributed by atoms with E-state index >= 15 is 0 Å². The van der Waals surface area contributed by atoms with Crippen LogP contribution in [0, 0.1) is 0 Å². The molecule has 1 aromatic heterocycles. The molecule has 0 unspecified atom stereocenters. The predicted octanol–water partition coefficient (Wildman–Crippen LogP) is 1.20. The normalized spacial score (nSPS) is 11.2. The highest BCUT2D eigenvalue weighted by molar-refractivity contribution is 7.07. The zero-order valence-electron chi connectivity index (χ0n) is 10.1. The van der Waals surface area contributed by atoms with E-state index in [1.54, 1.807) is 18.4 Å². The van der Waals surface area contributed by atoms with Crippen LogP contribution in [0.5, 0.6) is 0 Å². The SMILES string of the molecule is COCCCN(C)CCNCc1cscn1. The summed E-state index contributed by atoms with van der Waals surface area (Å²) in [5.74, 6) is 0. The van der Waals surface area contributed by atoms with Crippen molar-refractivity contribution in [3.63, 3.8) is 0 Å². The van der Waals surface area contributed by atoms with Crippen LogP contribution in [0.2, 0.25) is 0 Å². The summed E-state index contributed by atoms with van der Waals surface area (Å²) in [5, 5.41) is 5.46. The van der Waals surface area contributed by atoms with Gasteiger partial charge in [-0.05, 0) is 13.5 Å². The van der Waals surface area contributed by atoms with Crippen molar-refractivity contribution in [2.75, 3.05) is 40.4 Å². The molecule has 1 rings (SSSR count). The Morgan fingerprint density at radius 1 is 1.50 bits per heavy atom. The summed E-state index contributed by atoms with van der Waals surface area (Å²) in [4.78, 5) is 6.53. The van der Waals surface area contributed by atoms with Crippen molar-refractivity contribution >= 4 is 11.3 Å². The van der Waals surface area contributed by atoms with E-state index in [2.05, 4.69) is 27.6 Å². The quantitative estimate of drug-likeness (QED) is 0.661. The summed E-state index contributed by atoms with van der Waals surface area (Å²) in [5.41, 5.74) is 3.00.